The van der Waals surface area contributed by atoms with Crippen LogP contribution >= 0.6 is 0 Å². The Morgan fingerprint density at radius 2 is 2.05 bits per heavy atom. The Balaban J connectivity index is 1.63. The first kappa shape index (κ1) is 12.3. The SMILES string of the molecule is CC1Oc2ccc(CNCc3ccco3)cc2C1C. The Bertz CT molecular complexity index is 548. The minimum Gasteiger partial charge on any atom is -0.490 e. The lowest BCUT2D eigenvalue weighted by Crippen LogP contribution is -2.12. The summed E-state index contributed by atoms with van der Waals surface area (Å²) in [4.78, 5) is 0. The summed E-state index contributed by atoms with van der Waals surface area (Å²) < 4.78 is 11.1. The molecule has 0 radical (unpaired) electrons. The van der Waals surface area contributed by atoms with Crippen LogP contribution in [-0.4, -0.2) is 6.10 Å². The van der Waals surface area contributed by atoms with Gasteiger partial charge in [0.05, 0.1) is 12.8 Å². The van der Waals surface area contributed by atoms with E-state index in [1.165, 1.54) is 11.1 Å². The number of fused-ring (bicyclic) bond motifs is 1. The van der Waals surface area contributed by atoms with Gasteiger partial charge in [0.15, 0.2) is 0 Å². The Hall–Kier alpha value is -1.74. The highest BCUT2D eigenvalue weighted by molar-refractivity contribution is 5.43. The highest BCUT2D eigenvalue weighted by Gasteiger charge is 2.27. The van der Waals surface area contributed by atoms with Crippen molar-refractivity contribution < 1.29 is 9.15 Å². The third-order valence-corrected chi connectivity index (χ3v) is 3.79. The second-order valence-electron chi connectivity index (χ2n) is 5.17. The largest absolute Gasteiger partial charge is 0.490 e. The molecular formula is C16H19NO2. The van der Waals surface area contributed by atoms with E-state index in [1.54, 1.807) is 6.26 Å². The summed E-state index contributed by atoms with van der Waals surface area (Å²) in [6, 6.07) is 10.3. The second kappa shape index (κ2) is 5.10. The van der Waals surface area contributed by atoms with E-state index in [0.29, 0.717) is 5.92 Å². The maximum absolute atomic E-state index is 5.80. The van der Waals surface area contributed by atoms with Crippen molar-refractivity contribution in [1.29, 1.82) is 0 Å². The van der Waals surface area contributed by atoms with Crippen LogP contribution in [0.15, 0.2) is 41.0 Å². The quantitative estimate of drug-likeness (QED) is 0.911. The molecule has 0 aliphatic carbocycles. The molecule has 1 aliphatic heterocycles. The predicted molar refractivity (Wildman–Crippen MR) is 74.2 cm³/mol. The van der Waals surface area contributed by atoms with E-state index < -0.39 is 0 Å². The van der Waals surface area contributed by atoms with Gasteiger partial charge in [-0.25, -0.2) is 0 Å². The lowest BCUT2D eigenvalue weighted by Gasteiger charge is -2.08. The Labute approximate surface area is 113 Å². The maximum Gasteiger partial charge on any atom is 0.123 e. The van der Waals surface area contributed by atoms with E-state index in [9.17, 15) is 0 Å². The van der Waals surface area contributed by atoms with Gasteiger partial charge < -0.3 is 14.5 Å². The van der Waals surface area contributed by atoms with Crippen molar-refractivity contribution in [3.63, 3.8) is 0 Å². The molecule has 2 heterocycles. The standard InChI is InChI=1S/C16H19NO2/c1-11-12(2)19-16-6-5-13(8-15(11)16)9-17-10-14-4-3-7-18-14/h3-8,11-12,17H,9-10H2,1-2H3. The zero-order valence-corrected chi connectivity index (χ0v) is 11.3. The van der Waals surface area contributed by atoms with Crippen molar-refractivity contribution in [3.8, 4) is 5.75 Å². The van der Waals surface area contributed by atoms with Gasteiger partial charge in [-0.1, -0.05) is 19.1 Å². The first-order valence-corrected chi connectivity index (χ1v) is 6.76. The van der Waals surface area contributed by atoms with Crippen molar-refractivity contribution in [2.75, 3.05) is 0 Å². The molecular weight excluding hydrogens is 238 g/mol. The normalized spacial score (nSPS) is 21.2. The third-order valence-electron chi connectivity index (χ3n) is 3.79. The van der Waals surface area contributed by atoms with Crippen molar-refractivity contribution in [2.45, 2.75) is 39.0 Å². The molecule has 0 saturated heterocycles. The summed E-state index contributed by atoms with van der Waals surface area (Å²) in [6.07, 6.45) is 1.98. The Kier molecular flexibility index (Phi) is 3.30. The van der Waals surface area contributed by atoms with E-state index in [-0.39, 0.29) is 6.10 Å². The first-order chi connectivity index (χ1) is 9.24. The fourth-order valence-electron chi connectivity index (χ4n) is 2.47. The van der Waals surface area contributed by atoms with Crippen LogP contribution in [0.2, 0.25) is 0 Å². The third kappa shape index (κ3) is 2.51. The smallest absolute Gasteiger partial charge is 0.123 e. The van der Waals surface area contributed by atoms with Crippen LogP contribution in [0, 0.1) is 0 Å². The van der Waals surface area contributed by atoms with Gasteiger partial charge in [0, 0.05) is 18.0 Å². The van der Waals surface area contributed by atoms with Crippen LogP contribution in [0.25, 0.3) is 0 Å². The number of hydrogen-bond acceptors (Lipinski definition) is 3. The molecule has 2 unspecified atom stereocenters. The van der Waals surface area contributed by atoms with E-state index in [4.69, 9.17) is 9.15 Å². The van der Waals surface area contributed by atoms with Crippen molar-refractivity contribution in [1.82, 2.24) is 5.32 Å². The Morgan fingerprint density at radius 3 is 2.84 bits per heavy atom. The number of furan rings is 1. The van der Waals surface area contributed by atoms with E-state index in [1.807, 2.05) is 12.1 Å². The van der Waals surface area contributed by atoms with Gasteiger partial charge in [0.1, 0.15) is 17.6 Å². The number of benzene rings is 1. The molecule has 1 aliphatic rings. The van der Waals surface area contributed by atoms with E-state index >= 15 is 0 Å². The number of ether oxygens (including phenoxy) is 1. The van der Waals surface area contributed by atoms with Crippen LogP contribution in [0.5, 0.6) is 5.75 Å². The number of rotatable bonds is 4. The molecule has 3 heteroatoms. The highest BCUT2D eigenvalue weighted by atomic mass is 16.5. The average Bonchev–Trinajstić information content (AvgIpc) is 3.01. The second-order valence-corrected chi connectivity index (χ2v) is 5.17. The van der Waals surface area contributed by atoms with Crippen molar-refractivity contribution in [2.24, 2.45) is 0 Å². The van der Waals surface area contributed by atoms with Gasteiger partial charge >= 0.3 is 0 Å². The van der Waals surface area contributed by atoms with Crippen molar-refractivity contribution >= 4 is 0 Å². The monoisotopic (exact) mass is 257 g/mol. The van der Waals surface area contributed by atoms with Gasteiger partial charge in [0.25, 0.3) is 0 Å². The molecule has 3 rings (SSSR count). The molecule has 2 atom stereocenters. The summed E-state index contributed by atoms with van der Waals surface area (Å²) in [5.74, 6) is 2.47. The molecule has 0 fully saturated rings. The van der Waals surface area contributed by atoms with Gasteiger partial charge in [0.2, 0.25) is 0 Å². The minimum atomic E-state index is 0.279. The van der Waals surface area contributed by atoms with E-state index in [0.717, 1.165) is 24.6 Å². The summed E-state index contributed by atoms with van der Waals surface area (Å²) in [5, 5.41) is 3.39. The van der Waals surface area contributed by atoms with Gasteiger partial charge in [-0.15, -0.1) is 0 Å². The van der Waals surface area contributed by atoms with Crippen LogP contribution < -0.4 is 10.1 Å². The van der Waals surface area contributed by atoms with Crippen LogP contribution in [0.1, 0.15) is 36.7 Å². The Morgan fingerprint density at radius 1 is 1.16 bits per heavy atom. The molecule has 0 saturated carbocycles. The molecule has 3 nitrogen and oxygen atoms in total. The van der Waals surface area contributed by atoms with Crippen LogP contribution in [-0.2, 0) is 13.1 Å². The zero-order chi connectivity index (χ0) is 13.2. The fourth-order valence-corrected chi connectivity index (χ4v) is 2.47. The summed E-state index contributed by atoms with van der Waals surface area (Å²) in [7, 11) is 0. The molecule has 2 aromatic rings. The molecule has 0 spiro atoms. The molecule has 1 aromatic heterocycles. The number of hydrogen-bond donors (Lipinski definition) is 1. The highest BCUT2D eigenvalue weighted by Crippen LogP contribution is 2.38. The lowest BCUT2D eigenvalue weighted by atomic mass is 9.97. The zero-order valence-electron chi connectivity index (χ0n) is 11.3. The van der Waals surface area contributed by atoms with Crippen molar-refractivity contribution in [3.05, 3.63) is 53.5 Å². The lowest BCUT2D eigenvalue weighted by molar-refractivity contribution is 0.232. The summed E-state index contributed by atoms with van der Waals surface area (Å²) >= 11 is 0. The van der Waals surface area contributed by atoms with Gasteiger partial charge in [-0.3, -0.25) is 0 Å². The minimum absolute atomic E-state index is 0.279. The van der Waals surface area contributed by atoms with Gasteiger partial charge in [-0.2, -0.15) is 0 Å². The summed E-state index contributed by atoms with van der Waals surface area (Å²) in [6.45, 7) is 5.94. The van der Waals surface area contributed by atoms with Gasteiger partial charge in [-0.05, 0) is 30.7 Å². The molecule has 19 heavy (non-hydrogen) atoms. The molecule has 100 valence electrons. The molecule has 0 amide bonds. The fraction of sp³-hybridized carbons (Fsp3) is 0.375. The summed E-state index contributed by atoms with van der Waals surface area (Å²) in [5.41, 5.74) is 2.61. The van der Waals surface area contributed by atoms with Crippen LogP contribution in [0.3, 0.4) is 0 Å². The topological polar surface area (TPSA) is 34.4 Å². The predicted octanol–water partition coefficient (Wildman–Crippen LogP) is 3.45. The molecule has 1 N–H and O–H groups in total. The molecule has 0 bridgehead atoms. The average molecular weight is 257 g/mol. The van der Waals surface area contributed by atoms with E-state index in [2.05, 4.69) is 37.4 Å². The maximum atomic E-state index is 5.80. The molecule has 1 aromatic carbocycles. The number of nitrogens with one attached hydrogen (secondary N) is 1. The van der Waals surface area contributed by atoms with Crippen LogP contribution in [0.4, 0.5) is 0 Å². The first-order valence-electron chi connectivity index (χ1n) is 6.76.